The second kappa shape index (κ2) is 7.61. The molecule has 1 aromatic rings. The first kappa shape index (κ1) is 15.3. The van der Waals surface area contributed by atoms with Gasteiger partial charge in [0.25, 0.3) is 0 Å². The van der Waals surface area contributed by atoms with Crippen molar-refractivity contribution < 1.29 is 14.6 Å². The van der Waals surface area contributed by atoms with Gasteiger partial charge in [-0.15, -0.1) is 0 Å². The molecule has 0 saturated carbocycles. The Hall–Kier alpha value is -0.780. The molecule has 5 heteroatoms. The summed E-state index contributed by atoms with van der Waals surface area (Å²) < 4.78 is 11.6. The lowest BCUT2D eigenvalue weighted by Crippen LogP contribution is -2.35. The van der Waals surface area contributed by atoms with Crippen LogP contribution in [-0.4, -0.2) is 37.5 Å². The van der Waals surface area contributed by atoms with Gasteiger partial charge < -0.3 is 19.9 Å². The molecule has 0 radical (unpaired) electrons. The first-order valence-corrected chi connectivity index (χ1v) is 6.70. The molecule has 1 atom stereocenters. The zero-order chi connectivity index (χ0) is 13.5. The Balaban J connectivity index is 2.52. The fourth-order valence-electron chi connectivity index (χ4n) is 1.40. The van der Waals surface area contributed by atoms with E-state index in [4.69, 9.17) is 9.47 Å². The number of hydrogen-bond donors (Lipinski definition) is 2. The van der Waals surface area contributed by atoms with E-state index in [2.05, 4.69) is 21.2 Å². The van der Waals surface area contributed by atoms with E-state index in [1.165, 1.54) is 0 Å². The highest BCUT2D eigenvalue weighted by Gasteiger charge is 2.11. The summed E-state index contributed by atoms with van der Waals surface area (Å²) in [5.41, 5.74) is 0. The molecule has 0 aliphatic rings. The minimum atomic E-state index is -0.552. The van der Waals surface area contributed by atoms with E-state index in [0.29, 0.717) is 24.1 Å². The number of ether oxygens (including phenoxy) is 2. The fourth-order valence-corrected chi connectivity index (χ4v) is 1.86. The standard InChI is InChI=1S/C13H20BrNO3/c1-9(2)15-7-10(16)8-18-13-11(14)5-4-6-12(13)17-3/h4-6,9-10,15-16H,7-8H2,1-3H3. The molecule has 102 valence electrons. The van der Waals surface area contributed by atoms with Crippen molar-refractivity contribution in [2.45, 2.75) is 26.0 Å². The maximum absolute atomic E-state index is 9.77. The largest absolute Gasteiger partial charge is 0.493 e. The maximum Gasteiger partial charge on any atom is 0.175 e. The van der Waals surface area contributed by atoms with Crippen LogP contribution in [-0.2, 0) is 0 Å². The molecule has 0 saturated heterocycles. The van der Waals surface area contributed by atoms with Crippen LogP contribution in [0.1, 0.15) is 13.8 Å². The van der Waals surface area contributed by atoms with Crippen molar-refractivity contribution in [3.63, 3.8) is 0 Å². The molecule has 0 spiro atoms. The van der Waals surface area contributed by atoms with E-state index < -0.39 is 6.10 Å². The minimum Gasteiger partial charge on any atom is -0.493 e. The molecule has 1 aromatic carbocycles. The number of hydrogen-bond acceptors (Lipinski definition) is 4. The highest BCUT2D eigenvalue weighted by Crippen LogP contribution is 2.34. The maximum atomic E-state index is 9.77. The number of benzene rings is 1. The third-order valence-corrected chi connectivity index (χ3v) is 2.96. The molecule has 18 heavy (non-hydrogen) atoms. The average Bonchev–Trinajstić information content (AvgIpc) is 2.34. The Labute approximate surface area is 116 Å². The topological polar surface area (TPSA) is 50.7 Å². The predicted octanol–water partition coefficient (Wildman–Crippen LogP) is 2.20. The minimum absolute atomic E-state index is 0.221. The molecule has 0 aliphatic heterocycles. The smallest absolute Gasteiger partial charge is 0.175 e. The molecule has 0 aliphatic carbocycles. The van der Waals surface area contributed by atoms with E-state index in [1.807, 2.05) is 32.0 Å². The predicted molar refractivity (Wildman–Crippen MR) is 75.3 cm³/mol. The number of para-hydroxylation sites is 1. The highest BCUT2D eigenvalue weighted by molar-refractivity contribution is 9.10. The molecule has 0 heterocycles. The molecule has 0 amide bonds. The van der Waals surface area contributed by atoms with Crippen LogP contribution in [0.5, 0.6) is 11.5 Å². The SMILES string of the molecule is COc1cccc(Br)c1OCC(O)CNC(C)C. The highest BCUT2D eigenvalue weighted by atomic mass is 79.9. The van der Waals surface area contributed by atoms with Crippen molar-refractivity contribution in [2.75, 3.05) is 20.3 Å². The third-order valence-electron chi connectivity index (χ3n) is 2.33. The molecular weight excluding hydrogens is 298 g/mol. The Morgan fingerprint density at radius 1 is 1.39 bits per heavy atom. The van der Waals surface area contributed by atoms with Gasteiger partial charge in [0.1, 0.15) is 12.7 Å². The Morgan fingerprint density at radius 2 is 2.11 bits per heavy atom. The number of methoxy groups -OCH3 is 1. The van der Waals surface area contributed by atoms with Crippen LogP contribution >= 0.6 is 15.9 Å². The van der Waals surface area contributed by atoms with E-state index in [1.54, 1.807) is 7.11 Å². The van der Waals surface area contributed by atoms with Crippen molar-refractivity contribution in [1.82, 2.24) is 5.32 Å². The Kier molecular flexibility index (Phi) is 6.46. The van der Waals surface area contributed by atoms with Crippen LogP contribution in [0, 0.1) is 0 Å². The van der Waals surface area contributed by atoms with Crippen LogP contribution < -0.4 is 14.8 Å². The summed E-state index contributed by atoms with van der Waals surface area (Å²) in [6, 6.07) is 5.90. The van der Waals surface area contributed by atoms with Gasteiger partial charge in [0.05, 0.1) is 11.6 Å². The van der Waals surface area contributed by atoms with Gasteiger partial charge in [-0.05, 0) is 28.1 Å². The van der Waals surface area contributed by atoms with E-state index in [9.17, 15) is 5.11 Å². The monoisotopic (exact) mass is 317 g/mol. The fraction of sp³-hybridized carbons (Fsp3) is 0.538. The van der Waals surface area contributed by atoms with Gasteiger partial charge in [-0.25, -0.2) is 0 Å². The van der Waals surface area contributed by atoms with Gasteiger partial charge in [0, 0.05) is 12.6 Å². The lowest BCUT2D eigenvalue weighted by Gasteiger charge is -2.17. The normalized spacial score (nSPS) is 12.6. The Bertz CT molecular complexity index is 371. The average molecular weight is 318 g/mol. The zero-order valence-corrected chi connectivity index (χ0v) is 12.5. The van der Waals surface area contributed by atoms with E-state index in [-0.39, 0.29) is 6.61 Å². The number of aliphatic hydroxyl groups is 1. The summed E-state index contributed by atoms with van der Waals surface area (Å²) in [7, 11) is 1.59. The quantitative estimate of drug-likeness (QED) is 0.809. The second-order valence-electron chi connectivity index (χ2n) is 4.30. The Morgan fingerprint density at radius 3 is 2.72 bits per heavy atom. The van der Waals surface area contributed by atoms with Crippen molar-refractivity contribution in [2.24, 2.45) is 0 Å². The van der Waals surface area contributed by atoms with Crippen molar-refractivity contribution >= 4 is 15.9 Å². The molecule has 1 unspecified atom stereocenters. The van der Waals surface area contributed by atoms with Crippen molar-refractivity contribution in [3.8, 4) is 11.5 Å². The van der Waals surface area contributed by atoms with Crippen molar-refractivity contribution in [1.29, 1.82) is 0 Å². The number of nitrogens with one attached hydrogen (secondary N) is 1. The van der Waals surface area contributed by atoms with Crippen molar-refractivity contribution in [3.05, 3.63) is 22.7 Å². The molecule has 0 bridgehead atoms. The first-order valence-electron chi connectivity index (χ1n) is 5.91. The van der Waals surface area contributed by atoms with Gasteiger partial charge in [-0.3, -0.25) is 0 Å². The van der Waals surface area contributed by atoms with E-state index >= 15 is 0 Å². The summed E-state index contributed by atoms with van der Waals surface area (Å²) in [6.45, 7) is 4.79. The summed E-state index contributed by atoms with van der Waals surface area (Å²) >= 11 is 3.40. The number of rotatable bonds is 7. The van der Waals surface area contributed by atoms with Crippen LogP contribution in [0.25, 0.3) is 0 Å². The first-order chi connectivity index (χ1) is 8.54. The molecule has 0 aromatic heterocycles. The van der Waals surface area contributed by atoms with Crippen LogP contribution in [0.15, 0.2) is 22.7 Å². The van der Waals surface area contributed by atoms with Crippen LogP contribution in [0.2, 0.25) is 0 Å². The molecular formula is C13H20BrNO3. The van der Waals surface area contributed by atoms with Gasteiger partial charge in [0.2, 0.25) is 0 Å². The summed E-state index contributed by atoms with van der Waals surface area (Å²) in [5, 5.41) is 12.9. The molecule has 0 fully saturated rings. The third kappa shape index (κ3) is 4.84. The number of halogens is 1. The van der Waals surface area contributed by atoms with Gasteiger partial charge in [0.15, 0.2) is 11.5 Å². The summed E-state index contributed by atoms with van der Waals surface area (Å²) in [5.74, 6) is 1.26. The van der Waals surface area contributed by atoms with Crippen LogP contribution in [0.4, 0.5) is 0 Å². The van der Waals surface area contributed by atoms with Gasteiger partial charge >= 0.3 is 0 Å². The lowest BCUT2D eigenvalue weighted by molar-refractivity contribution is 0.102. The zero-order valence-electron chi connectivity index (χ0n) is 10.9. The lowest BCUT2D eigenvalue weighted by atomic mass is 10.3. The van der Waals surface area contributed by atoms with Gasteiger partial charge in [-0.2, -0.15) is 0 Å². The molecule has 4 nitrogen and oxygen atoms in total. The second-order valence-corrected chi connectivity index (χ2v) is 5.15. The summed E-state index contributed by atoms with van der Waals surface area (Å²) in [4.78, 5) is 0. The summed E-state index contributed by atoms with van der Waals surface area (Å²) in [6.07, 6.45) is -0.552. The van der Waals surface area contributed by atoms with Gasteiger partial charge in [-0.1, -0.05) is 19.9 Å². The molecule has 1 rings (SSSR count). The van der Waals surface area contributed by atoms with Crippen LogP contribution in [0.3, 0.4) is 0 Å². The molecule has 2 N–H and O–H groups in total. The number of aliphatic hydroxyl groups excluding tert-OH is 1. The van der Waals surface area contributed by atoms with E-state index in [0.717, 1.165) is 4.47 Å².